The van der Waals surface area contributed by atoms with Crippen LogP contribution in [0.3, 0.4) is 0 Å². The highest BCUT2D eigenvalue weighted by molar-refractivity contribution is 5.64. The molecule has 1 aromatic carbocycles. The monoisotopic (exact) mass is 176 g/mol. The molecule has 0 bridgehead atoms. The zero-order valence-corrected chi connectivity index (χ0v) is 6.80. The van der Waals surface area contributed by atoms with Crippen molar-refractivity contribution in [2.24, 2.45) is 0 Å². The van der Waals surface area contributed by atoms with Gasteiger partial charge in [-0.3, -0.25) is 0 Å². The standard InChI is InChI=1S/C11H12.2CH4/c1-4-10-7-6-9(3)8-11(10)5-2;;/h4-8H,1-2H2,3H3;2*1H4. The van der Waals surface area contributed by atoms with E-state index < -0.39 is 0 Å². The van der Waals surface area contributed by atoms with Crippen LogP contribution in [0.1, 0.15) is 31.5 Å². The van der Waals surface area contributed by atoms with Crippen LogP contribution >= 0.6 is 0 Å². The predicted molar refractivity (Wildman–Crippen MR) is 64.8 cm³/mol. The molecule has 0 heteroatoms. The lowest BCUT2D eigenvalue weighted by Crippen LogP contribution is -1.80. The first-order valence-electron chi connectivity index (χ1n) is 3.63. The van der Waals surface area contributed by atoms with E-state index >= 15 is 0 Å². The molecule has 0 aliphatic carbocycles. The number of hydrogen-bond donors (Lipinski definition) is 0. The quantitative estimate of drug-likeness (QED) is 0.620. The SMILES string of the molecule is C.C.C=Cc1ccc(C)cc1C=C. The molecule has 0 aliphatic heterocycles. The molecule has 0 amide bonds. The van der Waals surface area contributed by atoms with E-state index in [2.05, 4.69) is 38.3 Å². The van der Waals surface area contributed by atoms with Crippen LogP contribution in [0.4, 0.5) is 0 Å². The molecular weight excluding hydrogens is 156 g/mol. The average Bonchev–Trinajstić information content (AvgIpc) is 2.04. The summed E-state index contributed by atoms with van der Waals surface area (Å²) in [6.45, 7) is 9.52. The number of rotatable bonds is 2. The Morgan fingerprint density at radius 1 is 1.00 bits per heavy atom. The van der Waals surface area contributed by atoms with E-state index in [9.17, 15) is 0 Å². The fourth-order valence-corrected chi connectivity index (χ4v) is 1.06. The van der Waals surface area contributed by atoms with Crippen molar-refractivity contribution in [2.45, 2.75) is 21.8 Å². The summed E-state index contributed by atoms with van der Waals surface area (Å²) < 4.78 is 0. The first-order valence-corrected chi connectivity index (χ1v) is 3.63. The lowest BCUT2D eigenvalue weighted by atomic mass is 10.0. The third-order valence-corrected chi connectivity index (χ3v) is 1.68. The summed E-state index contributed by atoms with van der Waals surface area (Å²) in [5.74, 6) is 0. The average molecular weight is 176 g/mol. The summed E-state index contributed by atoms with van der Waals surface area (Å²) in [4.78, 5) is 0. The highest BCUT2D eigenvalue weighted by Crippen LogP contribution is 2.13. The molecule has 0 aromatic heterocycles. The minimum absolute atomic E-state index is 0. The molecule has 0 atom stereocenters. The molecule has 0 aliphatic rings. The van der Waals surface area contributed by atoms with E-state index in [0.717, 1.165) is 11.1 Å². The van der Waals surface area contributed by atoms with Crippen LogP contribution in [0.25, 0.3) is 12.2 Å². The van der Waals surface area contributed by atoms with E-state index in [1.165, 1.54) is 5.56 Å². The van der Waals surface area contributed by atoms with Gasteiger partial charge in [-0.15, -0.1) is 0 Å². The molecule has 0 radical (unpaired) electrons. The van der Waals surface area contributed by atoms with E-state index in [-0.39, 0.29) is 14.9 Å². The topological polar surface area (TPSA) is 0 Å². The van der Waals surface area contributed by atoms with Gasteiger partial charge in [0.25, 0.3) is 0 Å². The Bertz CT molecular complexity index is 282. The van der Waals surface area contributed by atoms with Gasteiger partial charge in [0, 0.05) is 0 Å². The van der Waals surface area contributed by atoms with Crippen LogP contribution in [0.15, 0.2) is 31.4 Å². The van der Waals surface area contributed by atoms with Crippen LogP contribution in [0, 0.1) is 6.92 Å². The fraction of sp³-hybridized carbons (Fsp3) is 0.231. The van der Waals surface area contributed by atoms with Crippen LogP contribution in [0.2, 0.25) is 0 Å². The van der Waals surface area contributed by atoms with Crippen LogP contribution in [0.5, 0.6) is 0 Å². The zero-order valence-electron chi connectivity index (χ0n) is 6.80. The van der Waals surface area contributed by atoms with Gasteiger partial charge in [-0.05, 0) is 18.1 Å². The summed E-state index contributed by atoms with van der Waals surface area (Å²) >= 11 is 0. The lowest BCUT2D eigenvalue weighted by Gasteiger charge is -2.00. The number of aryl methyl sites for hydroxylation is 1. The Hall–Kier alpha value is -1.30. The van der Waals surface area contributed by atoms with Crippen molar-refractivity contribution in [1.82, 2.24) is 0 Å². The van der Waals surface area contributed by atoms with Gasteiger partial charge in [0.05, 0.1) is 0 Å². The fourth-order valence-electron chi connectivity index (χ4n) is 1.06. The Morgan fingerprint density at radius 2 is 1.54 bits per heavy atom. The van der Waals surface area contributed by atoms with Crippen LogP contribution in [-0.4, -0.2) is 0 Å². The van der Waals surface area contributed by atoms with Crippen molar-refractivity contribution in [3.8, 4) is 0 Å². The maximum absolute atomic E-state index is 3.73. The molecule has 0 spiro atoms. The molecule has 13 heavy (non-hydrogen) atoms. The molecule has 0 saturated heterocycles. The molecule has 1 rings (SSSR count). The first kappa shape index (κ1) is 14.2. The summed E-state index contributed by atoms with van der Waals surface area (Å²) in [6.07, 6.45) is 3.69. The van der Waals surface area contributed by atoms with E-state index in [1.807, 2.05) is 12.2 Å². The largest absolute Gasteiger partial charge is 0.0984 e. The molecule has 0 fully saturated rings. The lowest BCUT2D eigenvalue weighted by molar-refractivity contribution is 1.45. The highest BCUT2D eigenvalue weighted by atomic mass is 14.0. The van der Waals surface area contributed by atoms with Gasteiger partial charge in [0.1, 0.15) is 0 Å². The van der Waals surface area contributed by atoms with E-state index in [4.69, 9.17) is 0 Å². The minimum atomic E-state index is 0. The first-order chi connectivity index (χ1) is 5.27. The van der Waals surface area contributed by atoms with Gasteiger partial charge in [-0.1, -0.05) is 63.9 Å². The van der Waals surface area contributed by atoms with Gasteiger partial charge in [-0.2, -0.15) is 0 Å². The molecular formula is C13H20. The van der Waals surface area contributed by atoms with Crippen LogP contribution in [-0.2, 0) is 0 Å². The second kappa shape index (κ2) is 6.24. The summed E-state index contributed by atoms with van der Waals surface area (Å²) in [5.41, 5.74) is 3.55. The summed E-state index contributed by atoms with van der Waals surface area (Å²) in [5, 5.41) is 0. The normalized spacial score (nSPS) is 7.77. The maximum atomic E-state index is 3.73. The smallest absolute Gasteiger partial charge is 0.0187 e. The van der Waals surface area contributed by atoms with Gasteiger partial charge in [0.15, 0.2) is 0 Å². The van der Waals surface area contributed by atoms with Crippen molar-refractivity contribution >= 4 is 12.2 Å². The Labute approximate surface area is 82.6 Å². The molecule has 0 unspecified atom stereocenters. The molecule has 1 aromatic rings. The van der Waals surface area contributed by atoms with Crippen LogP contribution < -0.4 is 0 Å². The van der Waals surface area contributed by atoms with E-state index in [1.54, 1.807) is 0 Å². The molecule has 0 N–H and O–H groups in total. The van der Waals surface area contributed by atoms with Crippen molar-refractivity contribution < 1.29 is 0 Å². The third-order valence-electron chi connectivity index (χ3n) is 1.68. The molecule has 0 saturated carbocycles. The third kappa shape index (κ3) is 3.29. The number of benzene rings is 1. The van der Waals surface area contributed by atoms with E-state index in [0.29, 0.717) is 0 Å². The van der Waals surface area contributed by atoms with Gasteiger partial charge in [0.2, 0.25) is 0 Å². The van der Waals surface area contributed by atoms with Crippen molar-refractivity contribution in [3.05, 3.63) is 48.0 Å². The minimum Gasteiger partial charge on any atom is -0.0984 e. The summed E-state index contributed by atoms with van der Waals surface area (Å²) in [6, 6.07) is 6.23. The summed E-state index contributed by atoms with van der Waals surface area (Å²) in [7, 11) is 0. The Kier molecular flexibility index (Phi) is 6.84. The molecule has 0 heterocycles. The van der Waals surface area contributed by atoms with Gasteiger partial charge in [-0.25, -0.2) is 0 Å². The highest BCUT2D eigenvalue weighted by Gasteiger charge is 1.93. The van der Waals surface area contributed by atoms with Crippen molar-refractivity contribution in [2.75, 3.05) is 0 Å². The second-order valence-electron chi connectivity index (χ2n) is 2.54. The van der Waals surface area contributed by atoms with Crippen molar-refractivity contribution in [3.63, 3.8) is 0 Å². The zero-order chi connectivity index (χ0) is 8.27. The van der Waals surface area contributed by atoms with Gasteiger partial charge < -0.3 is 0 Å². The van der Waals surface area contributed by atoms with Crippen molar-refractivity contribution in [1.29, 1.82) is 0 Å². The Balaban J connectivity index is 0. The van der Waals surface area contributed by atoms with Gasteiger partial charge >= 0.3 is 0 Å². The predicted octanol–water partition coefficient (Wildman–Crippen LogP) is 4.55. The molecule has 0 nitrogen and oxygen atoms in total. The maximum Gasteiger partial charge on any atom is -0.0187 e. The number of hydrogen-bond acceptors (Lipinski definition) is 0. The second-order valence-corrected chi connectivity index (χ2v) is 2.54. The Morgan fingerprint density at radius 3 is 2.00 bits per heavy atom. The molecule has 72 valence electrons.